The highest BCUT2D eigenvalue weighted by Crippen LogP contribution is 2.16. The average Bonchev–Trinajstić information content (AvgIpc) is 2.06. The molecule has 3 heteroatoms. The largest absolute Gasteiger partial charge is 0.396 e. The van der Waals surface area contributed by atoms with E-state index in [0.29, 0.717) is 5.92 Å². The normalized spacial score (nSPS) is 15.5. The van der Waals surface area contributed by atoms with Crippen molar-refractivity contribution in [1.82, 2.24) is 0 Å². The van der Waals surface area contributed by atoms with Crippen molar-refractivity contribution in [2.45, 2.75) is 25.5 Å². The lowest BCUT2D eigenvalue weighted by molar-refractivity contribution is 0.250. The minimum atomic E-state index is 0.101. The van der Waals surface area contributed by atoms with E-state index >= 15 is 0 Å². The molecule has 1 N–H and O–H groups in total. The van der Waals surface area contributed by atoms with Gasteiger partial charge in [-0.15, -0.1) is 11.8 Å². The van der Waals surface area contributed by atoms with Crippen LogP contribution in [-0.2, 0) is 0 Å². The number of aliphatic hydroxyl groups is 1. The van der Waals surface area contributed by atoms with Gasteiger partial charge in [-0.2, -0.15) is 5.26 Å². The molecule has 0 aliphatic rings. The van der Waals surface area contributed by atoms with Crippen molar-refractivity contribution in [3.63, 3.8) is 0 Å². The first kappa shape index (κ1) is 10.8. The molecule has 0 saturated carbocycles. The molecule has 2 unspecified atom stereocenters. The van der Waals surface area contributed by atoms with Gasteiger partial charge in [0, 0.05) is 6.61 Å². The highest BCUT2D eigenvalue weighted by atomic mass is 32.2. The summed E-state index contributed by atoms with van der Waals surface area (Å²) in [6, 6.07) is 2.21. The molecule has 0 bridgehead atoms. The van der Waals surface area contributed by atoms with Crippen molar-refractivity contribution in [3.8, 4) is 6.07 Å². The van der Waals surface area contributed by atoms with Gasteiger partial charge in [-0.05, 0) is 18.1 Å². The predicted molar refractivity (Wildman–Crippen MR) is 48.4 cm³/mol. The second kappa shape index (κ2) is 6.51. The Kier molecular flexibility index (Phi) is 6.39. The van der Waals surface area contributed by atoms with Crippen molar-refractivity contribution < 1.29 is 5.11 Å². The minimum Gasteiger partial charge on any atom is -0.396 e. The first-order chi connectivity index (χ1) is 5.24. The van der Waals surface area contributed by atoms with Gasteiger partial charge >= 0.3 is 0 Å². The third kappa shape index (κ3) is 5.11. The molecule has 2 atom stereocenters. The van der Waals surface area contributed by atoms with E-state index in [-0.39, 0.29) is 11.9 Å². The Bertz CT molecular complexity index is 133. The van der Waals surface area contributed by atoms with Crippen LogP contribution in [0.5, 0.6) is 0 Å². The molecule has 0 radical (unpaired) electrons. The Morgan fingerprint density at radius 3 is 2.64 bits per heavy atom. The van der Waals surface area contributed by atoms with Crippen molar-refractivity contribution in [2.75, 3.05) is 12.4 Å². The SMILES string of the molecule is CCC(C#N)SCC(C)CO. The zero-order valence-corrected chi connectivity index (χ0v) is 7.90. The van der Waals surface area contributed by atoms with Gasteiger partial charge in [-0.25, -0.2) is 0 Å². The summed E-state index contributed by atoms with van der Waals surface area (Å²) in [5.41, 5.74) is 0. The molecule has 0 aromatic heterocycles. The van der Waals surface area contributed by atoms with E-state index in [4.69, 9.17) is 10.4 Å². The van der Waals surface area contributed by atoms with E-state index in [9.17, 15) is 0 Å². The van der Waals surface area contributed by atoms with Crippen LogP contribution < -0.4 is 0 Å². The van der Waals surface area contributed by atoms with E-state index in [2.05, 4.69) is 6.07 Å². The quantitative estimate of drug-likeness (QED) is 0.687. The molecule has 0 spiro atoms. The van der Waals surface area contributed by atoms with Crippen LogP contribution in [0.15, 0.2) is 0 Å². The fraction of sp³-hybridized carbons (Fsp3) is 0.875. The molecule has 11 heavy (non-hydrogen) atoms. The van der Waals surface area contributed by atoms with Crippen molar-refractivity contribution in [3.05, 3.63) is 0 Å². The third-order valence-corrected chi connectivity index (χ3v) is 3.01. The summed E-state index contributed by atoms with van der Waals surface area (Å²) in [4.78, 5) is 0. The van der Waals surface area contributed by atoms with Gasteiger partial charge < -0.3 is 5.11 Å². The van der Waals surface area contributed by atoms with Crippen LogP contribution in [0.25, 0.3) is 0 Å². The molecular weight excluding hydrogens is 158 g/mol. The summed E-state index contributed by atoms with van der Waals surface area (Å²) in [5, 5.41) is 17.4. The summed E-state index contributed by atoms with van der Waals surface area (Å²) in [7, 11) is 0. The van der Waals surface area contributed by atoms with Crippen LogP contribution in [0.4, 0.5) is 0 Å². The summed E-state index contributed by atoms with van der Waals surface area (Å²) in [5.74, 6) is 1.19. The van der Waals surface area contributed by atoms with Gasteiger partial charge in [0.05, 0.1) is 11.3 Å². The minimum absolute atomic E-state index is 0.101. The summed E-state index contributed by atoms with van der Waals surface area (Å²) >= 11 is 1.63. The van der Waals surface area contributed by atoms with Gasteiger partial charge in [0.15, 0.2) is 0 Å². The fourth-order valence-corrected chi connectivity index (χ4v) is 1.56. The van der Waals surface area contributed by atoms with E-state index in [1.165, 1.54) is 0 Å². The second-order valence-corrected chi connectivity index (χ2v) is 3.88. The van der Waals surface area contributed by atoms with Crippen LogP contribution in [0.1, 0.15) is 20.3 Å². The zero-order valence-electron chi connectivity index (χ0n) is 7.08. The van der Waals surface area contributed by atoms with Crippen LogP contribution >= 0.6 is 11.8 Å². The van der Waals surface area contributed by atoms with E-state index in [1.54, 1.807) is 11.8 Å². The predicted octanol–water partition coefficient (Wildman–Crippen LogP) is 1.65. The number of nitriles is 1. The van der Waals surface area contributed by atoms with Crippen molar-refractivity contribution in [1.29, 1.82) is 5.26 Å². The smallest absolute Gasteiger partial charge is 0.0914 e. The Labute approximate surface area is 72.6 Å². The standard InChI is InChI=1S/C8H15NOS/c1-3-8(4-9)11-6-7(2)5-10/h7-8,10H,3,5-6H2,1-2H3. The monoisotopic (exact) mass is 173 g/mol. The molecular formula is C8H15NOS. The van der Waals surface area contributed by atoms with Crippen LogP contribution in [-0.4, -0.2) is 22.7 Å². The molecule has 0 amide bonds. The number of thioether (sulfide) groups is 1. The van der Waals surface area contributed by atoms with Crippen LogP contribution in [0.3, 0.4) is 0 Å². The van der Waals surface area contributed by atoms with Gasteiger partial charge in [-0.1, -0.05) is 13.8 Å². The molecule has 64 valence electrons. The van der Waals surface area contributed by atoms with E-state index in [1.807, 2.05) is 13.8 Å². The molecule has 0 heterocycles. The Balaban J connectivity index is 3.44. The molecule has 0 rings (SSSR count). The van der Waals surface area contributed by atoms with Gasteiger partial charge in [0.1, 0.15) is 0 Å². The van der Waals surface area contributed by atoms with Gasteiger partial charge in [-0.3, -0.25) is 0 Å². The second-order valence-electron chi connectivity index (χ2n) is 2.65. The number of hydrogen-bond donors (Lipinski definition) is 1. The molecule has 0 aromatic rings. The highest BCUT2D eigenvalue weighted by Gasteiger charge is 2.07. The molecule has 0 fully saturated rings. The fourth-order valence-electron chi connectivity index (χ4n) is 0.580. The van der Waals surface area contributed by atoms with Gasteiger partial charge in [0.25, 0.3) is 0 Å². The Hall–Kier alpha value is -0.200. The van der Waals surface area contributed by atoms with Crippen molar-refractivity contribution in [2.24, 2.45) is 5.92 Å². The van der Waals surface area contributed by atoms with E-state index < -0.39 is 0 Å². The molecule has 0 saturated heterocycles. The third-order valence-electron chi connectivity index (χ3n) is 1.41. The molecule has 2 nitrogen and oxygen atoms in total. The maximum Gasteiger partial charge on any atom is 0.0914 e. The first-order valence-electron chi connectivity index (χ1n) is 3.86. The highest BCUT2D eigenvalue weighted by molar-refractivity contribution is 8.00. The number of aliphatic hydroxyl groups excluding tert-OH is 1. The zero-order chi connectivity index (χ0) is 8.69. The Morgan fingerprint density at radius 2 is 2.27 bits per heavy atom. The number of nitrogens with zero attached hydrogens (tertiary/aromatic N) is 1. The average molecular weight is 173 g/mol. The molecule has 0 aliphatic heterocycles. The maximum atomic E-state index is 8.70. The first-order valence-corrected chi connectivity index (χ1v) is 4.91. The summed E-state index contributed by atoms with van der Waals surface area (Å²) < 4.78 is 0. The lowest BCUT2D eigenvalue weighted by Gasteiger charge is -2.09. The Morgan fingerprint density at radius 1 is 1.64 bits per heavy atom. The number of hydrogen-bond acceptors (Lipinski definition) is 3. The lowest BCUT2D eigenvalue weighted by Crippen LogP contribution is -2.07. The van der Waals surface area contributed by atoms with Gasteiger partial charge in [0.2, 0.25) is 0 Å². The lowest BCUT2D eigenvalue weighted by atomic mass is 10.2. The summed E-state index contributed by atoms with van der Waals surface area (Å²) in [6.07, 6.45) is 0.888. The molecule has 0 aliphatic carbocycles. The topological polar surface area (TPSA) is 44.0 Å². The molecule has 0 aromatic carbocycles. The van der Waals surface area contributed by atoms with Crippen LogP contribution in [0.2, 0.25) is 0 Å². The van der Waals surface area contributed by atoms with Crippen LogP contribution in [0, 0.1) is 17.2 Å². The maximum absolute atomic E-state index is 8.70. The van der Waals surface area contributed by atoms with E-state index in [0.717, 1.165) is 12.2 Å². The summed E-state index contributed by atoms with van der Waals surface area (Å²) in [6.45, 7) is 4.20. The van der Waals surface area contributed by atoms with Crippen molar-refractivity contribution >= 4 is 11.8 Å². The number of rotatable bonds is 5.